The van der Waals surface area contributed by atoms with E-state index in [2.05, 4.69) is 35.2 Å². The molecule has 1 N–H and O–H groups in total. The van der Waals surface area contributed by atoms with Crippen LogP contribution in [0.2, 0.25) is 0 Å². The van der Waals surface area contributed by atoms with Gasteiger partial charge in [0.1, 0.15) is 0 Å². The Balaban J connectivity index is 1.72. The van der Waals surface area contributed by atoms with Gasteiger partial charge in [0.2, 0.25) is 0 Å². The number of hydrogen-bond donors (Lipinski definition) is 1. The fraction of sp³-hybridized carbons (Fsp3) is 0.769. The maximum absolute atomic E-state index is 5.36. The molecule has 1 aromatic rings. The molecular weight excluding hydrogens is 228 g/mol. The highest BCUT2D eigenvalue weighted by molar-refractivity contribution is 5.00. The molecule has 1 saturated heterocycles. The Bertz CT molecular complexity index is 347. The Morgan fingerprint density at radius 1 is 1.44 bits per heavy atom. The van der Waals surface area contributed by atoms with Gasteiger partial charge in [-0.2, -0.15) is 5.10 Å². The van der Waals surface area contributed by atoms with E-state index in [1.165, 1.54) is 5.69 Å². The van der Waals surface area contributed by atoms with Crippen molar-refractivity contribution in [3.63, 3.8) is 0 Å². The smallest absolute Gasteiger partial charge is 0.0594 e. The average molecular weight is 252 g/mol. The Morgan fingerprint density at radius 2 is 2.22 bits per heavy atom. The molecule has 1 aliphatic rings. The van der Waals surface area contributed by atoms with Gasteiger partial charge in [-0.05, 0) is 19.9 Å². The van der Waals surface area contributed by atoms with Crippen molar-refractivity contribution >= 4 is 0 Å². The molecule has 0 aliphatic carbocycles. The van der Waals surface area contributed by atoms with E-state index in [-0.39, 0.29) is 0 Å². The van der Waals surface area contributed by atoms with E-state index in [0.29, 0.717) is 6.04 Å². The molecule has 5 heteroatoms. The molecule has 0 saturated carbocycles. The highest BCUT2D eigenvalue weighted by Crippen LogP contribution is 2.01. The van der Waals surface area contributed by atoms with E-state index in [9.17, 15) is 0 Å². The number of rotatable bonds is 6. The van der Waals surface area contributed by atoms with Gasteiger partial charge < -0.3 is 10.1 Å². The van der Waals surface area contributed by atoms with E-state index in [1.807, 2.05) is 10.9 Å². The van der Waals surface area contributed by atoms with Crippen LogP contribution < -0.4 is 5.32 Å². The minimum Gasteiger partial charge on any atom is -0.379 e. The third-order valence-electron chi connectivity index (χ3n) is 3.37. The predicted octanol–water partition coefficient (Wildman–Crippen LogP) is 0.713. The average Bonchev–Trinajstić information content (AvgIpc) is 2.85. The van der Waals surface area contributed by atoms with Crippen molar-refractivity contribution in [3.05, 3.63) is 18.0 Å². The maximum Gasteiger partial charge on any atom is 0.0594 e. The topological polar surface area (TPSA) is 42.3 Å². The van der Waals surface area contributed by atoms with Gasteiger partial charge in [0.15, 0.2) is 0 Å². The van der Waals surface area contributed by atoms with Gasteiger partial charge in [0.25, 0.3) is 0 Å². The van der Waals surface area contributed by atoms with Crippen LogP contribution in [0.25, 0.3) is 0 Å². The van der Waals surface area contributed by atoms with E-state index in [1.54, 1.807) is 0 Å². The van der Waals surface area contributed by atoms with Crippen molar-refractivity contribution in [3.8, 4) is 0 Å². The first kappa shape index (κ1) is 13.5. The summed E-state index contributed by atoms with van der Waals surface area (Å²) in [5.74, 6) is 0. The Labute approximate surface area is 109 Å². The highest BCUT2D eigenvalue weighted by atomic mass is 16.5. The van der Waals surface area contributed by atoms with Crippen LogP contribution in [0.1, 0.15) is 19.5 Å². The Morgan fingerprint density at radius 3 is 2.94 bits per heavy atom. The standard InChI is InChI=1S/C13H24N4O/c1-3-17-13(4-5-15-17)10-14-12(2)11-16-6-8-18-9-7-16/h4-5,12,14H,3,6-11H2,1-2H3. The van der Waals surface area contributed by atoms with Crippen molar-refractivity contribution in [2.45, 2.75) is 33.0 Å². The van der Waals surface area contributed by atoms with Crippen LogP contribution in [0.3, 0.4) is 0 Å². The second-order valence-corrected chi connectivity index (χ2v) is 4.83. The van der Waals surface area contributed by atoms with Gasteiger partial charge in [-0.15, -0.1) is 0 Å². The van der Waals surface area contributed by atoms with Gasteiger partial charge in [-0.1, -0.05) is 0 Å². The van der Waals surface area contributed by atoms with Gasteiger partial charge in [-0.3, -0.25) is 9.58 Å². The normalized spacial score (nSPS) is 19.0. The molecule has 0 aromatic carbocycles. The monoisotopic (exact) mass is 252 g/mol. The maximum atomic E-state index is 5.36. The van der Waals surface area contributed by atoms with Gasteiger partial charge in [0.05, 0.1) is 18.9 Å². The zero-order valence-corrected chi connectivity index (χ0v) is 11.4. The van der Waals surface area contributed by atoms with Crippen LogP contribution in [0.4, 0.5) is 0 Å². The third kappa shape index (κ3) is 3.80. The molecular formula is C13H24N4O. The number of morpholine rings is 1. The van der Waals surface area contributed by atoms with Crippen molar-refractivity contribution in [1.29, 1.82) is 0 Å². The summed E-state index contributed by atoms with van der Waals surface area (Å²) in [7, 11) is 0. The second kappa shape index (κ2) is 6.87. The molecule has 102 valence electrons. The molecule has 1 aliphatic heterocycles. The number of aryl methyl sites for hydroxylation is 1. The molecule has 0 bridgehead atoms. The largest absolute Gasteiger partial charge is 0.379 e. The summed E-state index contributed by atoms with van der Waals surface area (Å²) >= 11 is 0. The molecule has 2 rings (SSSR count). The van der Waals surface area contributed by atoms with Crippen molar-refractivity contribution in [2.24, 2.45) is 0 Å². The van der Waals surface area contributed by atoms with Gasteiger partial charge in [0, 0.05) is 45.0 Å². The van der Waals surface area contributed by atoms with Crippen LogP contribution in [0.15, 0.2) is 12.3 Å². The summed E-state index contributed by atoms with van der Waals surface area (Å²) in [5.41, 5.74) is 1.26. The summed E-state index contributed by atoms with van der Waals surface area (Å²) in [5, 5.41) is 7.84. The Kier molecular flexibility index (Phi) is 5.16. The predicted molar refractivity (Wildman–Crippen MR) is 71.5 cm³/mol. The lowest BCUT2D eigenvalue weighted by atomic mass is 10.2. The number of ether oxygens (including phenoxy) is 1. The molecule has 0 amide bonds. The first-order valence-electron chi connectivity index (χ1n) is 6.83. The summed E-state index contributed by atoms with van der Waals surface area (Å²) < 4.78 is 7.39. The molecule has 1 aromatic heterocycles. The quantitative estimate of drug-likeness (QED) is 0.810. The molecule has 1 fully saturated rings. The fourth-order valence-electron chi connectivity index (χ4n) is 2.31. The second-order valence-electron chi connectivity index (χ2n) is 4.83. The van der Waals surface area contributed by atoms with Crippen molar-refractivity contribution in [1.82, 2.24) is 20.0 Å². The summed E-state index contributed by atoms with van der Waals surface area (Å²) in [6.45, 7) is 11.1. The van der Waals surface area contributed by atoms with Crippen LogP contribution in [-0.2, 0) is 17.8 Å². The first-order chi connectivity index (χ1) is 8.79. The fourth-order valence-corrected chi connectivity index (χ4v) is 2.31. The van der Waals surface area contributed by atoms with Crippen LogP contribution in [-0.4, -0.2) is 53.6 Å². The summed E-state index contributed by atoms with van der Waals surface area (Å²) in [6, 6.07) is 2.57. The zero-order chi connectivity index (χ0) is 12.8. The molecule has 1 unspecified atom stereocenters. The number of hydrogen-bond acceptors (Lipinski definition) is 4. The molecule has 2 heterocycles. The molecule has 0 radical (unpaired) electrons. The lowest BCUT2D eigenvalue weighted by Crippen LogP contribution is -2.44. The van der Waals surface area contributed by atoms with E-state index in [0.717, 1.165) is 45.9 Å². The van der Waals surface area contributed by atoms with Crippen molar-refractivity contribution < 1.29 is 4.74 Å². The number of aromatic nitrogens is 2. The lowest BCUT2D eigenvalue weighted by molar-refractivity contribution is 0.0343. The van der Waals surface area contributed by atoms with Crippen molar-refractivity contribution in [2.75, 3.05) is 32.8 Å². The molecule has 5 nitrogen and oxygen atoms in total. The third-order valence-corrected chi connectivity index (χ3v) is 3.37. The molecule has 1 atom stereocenters. The SMILES string of the molecule is CCn1nccc1CNC(C)CN1CCOCC1. The van der Waals surface area contributed by atoms with Crippen LogP contribution in [0, 0.1) is 0 Å². The van der Waals surface area contributed by atoms with Crippen LogP contribution in [0.5, 0.6) is 0 Å². The summed E-state index contributed by atoms with van der Waals surface area (Å²) in [6.07, 6.45) is 1.87. The number of nitrogens with zero attached hydrogens (tertiary/aromatic N) is 3. The molecule has 18 heavy (non-hydrogen) atoms. The number of nitrogens with one attached hydrogen (secondary N) is 1. The summed E-state index contributed by atoms with van der Waals surface area (Å²) in [4.78, 5) is 2.46. The van der Waals surface area contributed by atoms with E-state index >= 15 is 0 Å². The highest BCUT2D eigenvalue weighted by Gasteiger charge is 2.13. The van der Waals surface area contributed by atoms with Crippen LogP contribution >= 0.6 is 0 Å². The lowest BCUT2D eigenvalue weighted by Gasteiger charge is -2.29. The zero-order valence-electron chi connectivity index (χ0n) is 11.4. The van der Waals surface area contributed by atoms with E-state index < -0.39 is 0 Å². The Hall–Kier alpha value is -0.910. The minimum atomic E-state index is 0.489. The molecule has 0 spiro atoms. The van der Waals surface area contributed by atoms with Gasteiger partial charge >= 0.3 is 0 Å². The van der Waals surface area contributed by atoms with Gasteiger partial charge in [-0.25, -0.2) is 0 Å². The van der Waals surface area contributed by atoms with E-state index in [4.69, 9.17) is 4.74 Å². The first-order valence-corrected chi connectivity index (χ1v) is 6.83. The minimum absolute atomic E-state index is 0.489.